The molecule has 0 spiro atoms. The third kappa shape index (κ3) is 4.88. The molecule has 5 nitrogen and oxygen atoms in total. The molecule has 0 atom stereocenters. The number of rotatable bonds is 5. The van der Waals surface area contributed by atoms with Gasteiger partial charge in [0.1, 0.15) is 5.82 Å². The Kier molecular flexibility index (Phi) is 6.29. The number of carbonyl (C=O) groups is 2. The number of halogens is 1. The fourth-order valence-electron chi connectivity index (χ4n) is 3.42. The number of carbonyl (C=O) groups excluding carboxylic acids is 2. The number of piperazine rings is 1. The summed E-state index contributed by atoms with van der Waals surface area (Å²) in [6.07, 6.45) is 0.296. The molecule has 1 saturated heterocycles. The smallest absolute Gasteiger partial charge is 0.224 e. The second kappa shape index (κ2) is 8.87. The van der Waals surface area contributed by atoms with E-state index in [1.54, 1.807) is 17.0 Å². The van der Waals surface area contributed by atoms with E-state index in [0.29, 0.717) is 39.1 Å². The Morgan fingerprint density at radius 1 is 0.964 bits per heavy atom. The maximum absolute atomic E-state index is 13.1. The summed E-state index contributed by atoms with van der Waals surface area (Å²) in [5, 5.41) is 0. The van der Waals surface area contributed by atoms with Gasteiger partial charge in [-0.3, -0.25) is 9.59 Å². The fourth-order valence-corrected chi connectivity index (χ4v) is 3.42. The van der Waals surface area contributed by atoms with Gasteiger partial charge in [0.15, 0.2) is 0 Å². The minimum atomic E-state index is -0.249. The van der Waals surface area contributed by atoms with Gasteiger partial charge in [-0.2, -0.15) is 0 Å². The lowest BCUT2D eigenvalue weighted by molar-refractivity contribution is -0.131. The molecule has 0 aromatic heterocycles. The monoisotopic (exact) mass is 383 g/mol. The summed E-state index contributed by atoms with van der Waals surface area (Å²) in [6.45, 7) is 6.57. The molecule has 2 aromatic carbocycles. The number of amides is 2. The van der Waals surface area contributed by atoms with E-state index in [-0.39, 0.29) is 17.6 Å². The Labute approximate surface area is 165 Å². The van der Waals surface area contributed by atoms with Crippen LogP contribution in [0.5, 0.6) is 0 Å². The molecule has 1 aliphatic heterocycles. The zero-order valence-corrected chi connectivity index (χ0v) is 16.4. The van der Waals surface area contributed by atoms with Crippen LogP contribution in [0.25, 0.3) is 0 Å². The highest BCUT2D eigenvalue weighted by Crippen LogP contribution is 2.18. The van der Waals surface area contributed by atoms with Gasteiger partial charge in [-0.25, -0.2) is 4.39 Å². The van der Waals surface area contributed by atoms with E-state index in [1.807, 2.05) is 36.1 Å². The van der Waals surface area contributed by atoms with Crippen molar-refractivity contribution in [2.45, 2.75) is 20.3 Å². The molecule has 2 aromatic rings. The van der Waals surface area contributed by atoms with Crippen LogP contribution < -0.4 is 9.80 Å². The Bertz CT molecular complexity index is 813. The van der Waals surface area contributed by atoms with Crippen LogP contribution in [0.1, 0.15) is 18.9 Å². The Morgan fingerprint density at radius 2 is 1.57 bits per heavy atom. The van der Waals surface area contributed by atoms with Crippen molar-refractivity contribution < 1.29 is 14.0 Å². The molecule has 148 valence electrons. The first-order chi connectivity index (χ1) is 13.4. The van der Waals surface area contributed by atoms with Gasteiger partial charge in [0.25, 0.3) is 0 Å². The molecule has 6 heteroatoms. The maximum Gasteiger partial charge on any atom is 0.224 e. The Hall–Kier alpha value is -2.89. The van der Waals surface area contributed by atoms with Crippen LogP contribution in [0.3, 0.4) is 0 Å². The number of benzene rings is 2. The molecule has 0 bridgehead atoms. The highest BCUT2D eigenvalue weighted by atomic mass is 19.1. The van der Waals surface area contributed by atoms with Gasteiger partial charge in [0, 0.05) is 57.4 Å². The van der Waals surface area contributed by atoms with Crippen molar-refractivity contribution in [2.75, 3.05) is 42.5 Å². The quantitative estimate of drug-likeness (QED) is 0.796. The third-order valence-corrected chi connectivity index (χ3v) is 5.10. The van der Waals surface area contributed by atoms with Crippen LogP contribution in [-0.4, -0.2) is 49.4 Å². The molecule has 2 amide bonds. The predicted octanol–water partition coefficient (Wildman–Crippen LogP) is 3.23. The number of hydrogen-bond acceptors (Lipinski definition) is 3. The summed E-state index contributed by atoms with van der Waals surface area (Å²) in [5.41, 5.74) is 2.91. The van der Waals surface area contributed by atoms with Gasteiger partial charge in [-0.05, 0) is 43.3 Å². The molecular weight excluding hydrogens is 357 g/mol. The van der Waals surface area contributed by atoms with Crippen molar-refractivity contribution >= 4 is 23.2 Å². The Balaban J connectivity index is 1.52. The summed E-state index contributed by atoms with van der Waals surface area (Å²) in [7, 11) is 0. The SMILES string of the molecule is CC(=O)N(CCC(=O)N1CCN(c2ccc(F)cc2)CC1)c1ccc(C)cc1. The standard InChI is InChI=1S/C22H26FN3O2/c1-17-3-7-21(8-4-17)26(18(2)27)12-11-22(28)25-15-13-24(14-16-25)20-9-5-19(23)6-10-20/h3-10H,11-16H2,1-2H3. The van der Waals surface area contributed by atoms with E-state index in [4.69, 9.17) is 0 Å². The molecule has 1 fully saturated rings. The topological polar surface area (TPSA) is 43.9 Å². The highest BCUT2D eigenvalue weighted by Gasteiger charge is 2.22. The van der Waals surface area contributed by atoms with E-state index in [9.17, 15) is 14.0 Å². The van der Waals surface area contributed by atoms with Gasteiger partial charge in [-0.15, -0.1) is 0 Å². The molecule has 0 saturated carbocycles. The molecule has 0 unspecified atom stereocenters. The largest absolute Gasteiger partial charge is 0.368 e. The van der Waals surface area contributed by atoms with Gasteiger partial charge < -0.3 is 14.7 Å². The zero-order valence-electron chi connectivity index (χ0n) is 16.4. The van der Waals surface area contributed by atoms with E-state index in [2.05, 4.69) is 4.90 Å². The molecule has 28 heavy (non-hydrogen) atoms. The van der Waals surface area contributed by atoms with Crippen LogP contribution in [-0.2, 0) is 9.59 Å². The summed E-state index contributed by atoms with van der Waals surface area (Å²) in [4.78, 5) is 30.3. The molecule has 0 radical (unpaired) electrons. The predicted molar refractivity (Wildman–Crippen MR) is 109 cm³/mol. The first-order valence-electron chi connectivity index (χ1n) is 9.57. The van der Waals surface area contributed by atoms with Crippen LogP contribution in [0, 0.1) is 12.7 Å². The first-order valence-corrected chi connectivity index (χ1v) is 9.57. The summed E-state index contributed by atoms with van der Waals surface area (Å²) >= 11 is 0. The highest BCUT2D eigenvalue weighted by molar-refractivity contribution is 5.92. The van der Waals surface area contributed by atoms with Crippen molar-refractivity contribution in [1.82, 2.24) is 4.90 Å². The van der Waals surface area contributed by atoms with Crippen molar-refractivity contribution in [1.29, 1.82) is 0 Å². The normalized spacial score (nSPS) is 14.1. The summed E-state index contributed by atoms with van der Waals surface area (Å²) in [5.74, 6) is -0.268. The minimum absolute atomic E-state index is 0.0529. The fraction of sp³-hybridized carbons (Fsp3) is 0.364. The maximum atomic E-state index is 13.1. The van der Waals surface area contributed by atoms with Gasteiger partial charge in [0.2, 0.25) is 11.8 Å². The van der Waals surface area contributed by atoms with E-state index >= 15 is 0 Å². The van der Waals surface area contributed by atoms with Crippen LogP contribution in [0.15, 0.2) is 48.5 Å². The Morgan fingerprint density at radius 3 is 2.14 bits per heavy atom. The lowest BCUT2D eigenvalue weighted by Gasteiger charge is -2.36. The number of nitrogens with zero attached hydrogens (tertiary/aromatic N) is 3. The molecule has 0 N–H and O–H groups in total. The second-order valence-corrected chi connectivity index (χ2v) is 7.10. The second-order valence-electron chi connectivity index (χ2n) is 7.10. The van der Waals surface area contributed by atoms with E-state index < -0.39 is 0 Å². The summed E-state index contributed by atoms with van der Waals surface area (Å²) in [6, 6.07) is 14.2. The lowest BCUT2D eigenvalue weighted by Crippen LogP contribution is -2.49. The van der Waals surface area contributed by atoms with Crippen molar-refractivity contribution in [2.24, 2.45) is 0 Å². The summed E-state index contributed by atoms with van der Waals surface area (Å²) < 4.78 is 13.1. The van der Waals surface area contributed by atoms with Crippen molar-refractivity contribution in [3.63, 3.8) is 0 Å². The first kappa shape index (κ1) is 19.9. The average Bonchev–Trinajstić information content (AvgIpc) is 2.70. The average molecular weight is 383 g/mol. The molecule has 3 rings (SSSR count). The third-order valence-electron chi connectivity index (χ3n) is 5.10. The van der Waals surface area contributed by atoms with Crippen molar-refractivity contribution in [3.8, 4) is 0 Å². The van der Waals surface area contributed by atoms with E-state index in [0.717, 1.165) is 16.9 Å². The molecule has 1 heterocycles. The van der Waals surface area contributed by atoms with Crippen LogP contribution in [0.2, 0.25) is 0 Å². The lowest BCUT2D eigenvalue weighted by atomic mass is 10.2. The van der Waals surface area contributed by atoms with Crippen molar-refractivity contribution in [3.05, 3.63) is 59.9 Å². The molecule has 1 aliphatic rings. The van der Waals surface area contributed by atoms with E-state index in [1.165, 1.54) is 19.1 Å². The molecular formula is C22H26FN3O2. The zero-order chi connectivity index (χ0) is 20.1. The number of anilines is 2. The van der Waals surface area contributed by atoms with Gasteiger partial charge in [0.05, 0.1) is 0 Å². The van der Waals surface area contributed by atoms with Gasteiger partial charge in [-0.1, -0.05) is 17.7 Å². The number of aryl methyl sites for hydroxylation is 1. The van der Waals surface area contributed by atoms with Crippen LogP contribution in [0.4, 0.5) is 15.8 Å². The molecule has 0 aliphatic carbocycles. The van der Waals surface area contributed by atoms with Crippen LogP contribution >= 0.6 is 0 Å². The minimum Gasteiger partial charge on any atom is -0.368 e. The number of hydrogen-bond donors (Lipinski definition) is 0. The van der Waals surface area contributed by atoms with Gasteiger partial charge >= 0.3 is 0 Å².